The van der Waals surface area contributed by atoms with Gasteiger partial charge in [0.1, 0.15) is 5.57 Å². The van der Waals surface area contributed by atoms with E-state index in [1.807, 2.05) is 61.5 Å². The molecular weight excluding hydrogens is 340 g/mol. The van der Waals surface area contributed by atoms with E-state index in [-0.39, 0.29) is 18.1 Å². The molecule has 1 aliphatic rings. The summed E-state index contributed by atoms with van der Waals surface area (Å²) in [6, 6.07) is 19.1. The summed E-state index contributed by atoms with van der Waals surface area (Å²) in [5.41, 5.74) is 9.17. The molecule has 0 fully saturated rings. The molecule has 136 valence electrons. The second kappa shape index (κ2) is 7.79. The molecule has 27 heavy (non-hydrogen) atoms. The molecule has 0 saturated carbocycles. The van der Waals surface area contributed by atoms with Crippen LogP contribution in [-0.4, -0.2) is 12.6 Å². The molecule has 0 radical (unpaired) electrons. The summed E-state index contributed by atoms with van der Waals surface area (Å²) in [6.07, 6.45) is 0. The van der Waals surface area contributed by atoms with Gasteiger partial charge in [0.15, 0.2) is 5.76 Å². The highest BCUT2D eigenvalue weighted by Crippen LogP contribution is 2.42. The molecule has 3 rings (SSSR count). The predicted octanol–water partition coefficient (Wildman–Crippen LogP) is 3.78. The van der Waals surface area contributed by atoms with Crippen LogP contribution in [0, 0.1) is 18.3 Å². The molecule has 5 nitrogen and oxygen atoms in total. The van der Waals surface area contributed by atoms with Crippen molar-refractivity contribution in [3.05, 3.63) is 88.3 Å². The first-order valence-corrected chi connectivity index (χ1v) is 8.67. The monoisotopic (exact) mass is 360 g/mol. The second-order valence-corrected chi connectivity index (χ2v) is 6.16. The Labute approximate surface area is 158 Å². The molecular formula is C22H20N2O3. The maximum absolute atomic E-state index is 12.6. The van der Waals surface area contributed by atoms with E-state index < -0.39 is 11.9 Å². The van der Waals surface area contributed by atoms with Crippen LogP contribution < -0.4 is 5.73 Å². The maximum Gasteiger partial charge on any atom is 0.340 e. The molecule has 0 aliphatic carbocycles. The summed E-state index contributed by atoms with van der Waals surface area (Å²) in [5.74, 6) is -0.926. The van der Waals surface area contributed by atoms with E-state index in [2.05, 4.69) is 6.07 Å². The Morgan fingerprint density at radius 1 is 1.19 bits per heavy atom. The molecule has 2 N–H and O–H groups in total. The van der Waals surface area contributed by atoms with E-state index in [4.69, 9.17) is 15.2 Å². The molecule has 0 unspecified atom stereocenters. The number of esters is 1. The Morgan fingerprint density at radius 2 is 1.85 bits per heavy atom. The van der Waals surface area contributed by atoms with Gasteiger partial charge in [-0.2, -0.15) is 5.26 Å². The summed E-state index contributed by atoms with van der Waals surface area (Å²) in [6.45, 7) is 3.89. The molecule has 0 saturated heterocycles. The van der Waals surface area contributed by atoms with Gasteiger partial charge < -0.3 is 15.2 Å². The van der Waals surface area contributed by atoms with Gasteiger partial charge >= 0.3 is 5.97 Å². The van der Waals surface area contributed by atoms with Crippen molar-refractivity contribution in [3.8, 4) is 6.07 Å². The van der Waals surface area contributed by atoms with Gasteiger partial charge in [-0.1, -0.05) is 60.2 Å². The third-order valence-corrected chi connectivity index (χ3v) is 4.36. The number of allylic oxidation sites excluding steroid dienone is 1. The Morgan fingerprint density at radius 3 is 2.44 bits per heavy atom. The van der Waals surface area contributed by atoms with Gasteiger partial charge in [0.25, 0.3) is 0 Å². The second-order valence-electron chi connectivity index (χ2n) is 6.16. The Hall–Kier alpha value is -3.52. The predicted molar refractivity (Wildman–Crippen MR) is 102 cm³/mol. The number of aryl methyl sites for hydroxylation is 1. The average molecular weight is 360 g/mol. The topological polar surface area (TPSA) is 85.3 Å². The standard InChI is InChI=1S/C22H20N2O3/c1-3-26-22(25)19-18(15-11-9-14(2)10-12-15)17(13-23)20(27-21(19)24)16-7-5-4-6-8-16/h4-12,18H,3,24H2,1-2H3/t18-/m0/s1. The van der Waals surface area contributed by atoms with E-state index in [1.54, 1.807) is 6.92 Å². The van der Waals surface area contributed by atoms with Gasteiger partial charge in [0.2, 0.25) is 5.88 Å². The Balaban J connectivity index is 2.22. The van der Waals surface area contributed by atoms with Crippen molar-refractivity contribution in [1.82, 2.24) is 0 Å². The maximum atomic E-state index is 12.6. The summed E-state index contributed by atoms with van der Waals surface area (Å²) < 4.78 is 10.9. The van der Waals surface area contributed by atoms with E-state index in [0.29, 0.717) is 11.3 Å². The SMILES string of the molecule is CCOC(=O)C1=C(N)OC(c2ccccc2)=C(C#N)[C@@H]1c1ccc(C)cc1. The smallest absolute Gasteiger partial charge is 0.340 e. The van der Waals surface area contributed by atoms with E-state index in [1.165, 1.54) is 0 Å². The van der Waals surface area contributed by atoms with Crippen molar-refractivity contribution in [2.24, 2.45) is 5.73 Å². The largest absolute Gasteiger partial charge is 0.462 e. The lowest BCUT2D eigenvalue weighted by Crippen LogP contribution is -2.26. The minimum Gasteiger partial charge on any atom is -0.462 e. The average Bonchev–Trinajstić information content (AvgIpc) is 2.68. The highest BCUT2D eigenvalue weighted by Gasteiger charge is 2.37. The molecule has 1 atom stereocenters. The van der Waals surface area contributed by atoms with Crippen LogP contribution in [0.3, 0.4) is 0 Å². The number of ether oxygens (including phenoxy) is 2. The molecule has 1 heterocycles. The first-order valence-electron chi connectivity index (χ1n) is 8.67. The zero-order valence-corrected chi connectivity index (χ0v) is 15.2. The third-order valence-electron chi connectivity index (χ3n) is 4.36. The molecule has 0 bridgehead atoms. The number of nitrogens with zero attached hydrogens (tertiary/aromatic N) is 1. The van der Waals surface area contributed by atoms with Crippen molar-refractivity contribution >= 4 is 11.7 Å². The number of carbonyl (C=O) groups is 1. The highest BCUT2D eigenvalue weighted by atomic mass is 16.5. The lowest BCUT2D eigenvalue weighted by atomic mass is 9.82. The van der Waals surface area contributed by atoms with Crippen LogP contribution in [-0.2, 0) is 14.3 Å². The van der Waals surface area contributed by atoms with Gasteiger partial charge in [0, 0.05) is 5.56 Å². The quantitative estimate of drug-likeness (QED) is 0.839. The third kappa shape index (κ3) is 3.56. The molecule has 0 amide bonds. The summed E-state index contributed by atoms with van der Waals surface area (Å²) >= 11 is 0. The Kier molecular flexibility index (Phi) is 5.28. The van der Waals surface area contributed by atoms with Crippen LogP contribution >= 0.6 is 0 Å². The van der Waals surface area contributed by atoms with Gasteiger partial charge in [0.05, 0.1) is 24.2 Å². The molecule has 1 aliphatic heterocycles. The van der Waals surface area contributed by atoms with E-state index >= 15 is 0 Å². The molecule has 2 aromatic carbocycles. The fourth-order valence-electron chi connectivity index (χ4n) is 3.08. The van der Waals surface area contributed by atoms with Crippen LogP contribution in [0.1, 0.15) is 29.5 Å². The van der Waals surface area contributed by atoms with Crippen molar-refractivity contribution in [2.75, 3.05) is 6.61 Å². The summed E-state index contributed by atoms with van der Waals surface area (Å²) in [5, 5.41) is 9.92. The van der Waals surface area contributed by atoms with Crippen molar-refractivity contribution < 1.29 is 14.3 Å². The zero-order chi connectivity index (χ0) is 19.4. The molecule has 0 spiro atoms. The minimum absolute atomic E-state index is 0.0446. The fraction of sp³-hybridized carbons (Fsp3) is 0.182. The number of nitriles is 1. The fourth-order valence-corrected chi connectivity index (χ4v) is 3.08. The number of hydrogen-bond donors (Lipinski definition) is 1. The normalized spacial score (nSPS) is 16.6. The van der Waals surface area contributed by atoms with Gasteiger partial charge in [-0.3, -0.25) is 0 Å². The summed E-state index contributed by atoms with van der Waals surface area (Å²) in [7, 11) is 0. The lowest BCUT2D eigenvalue weighted by molar-refractivity contribution is -0.139. The number of nitrogens with two attached hydrogens (primary N) is 1. The minimum atomic E-state index is -0.654. The molecule has 0 aromatic heterocycles. The van der Waals surface area contributed by atoms with Gasteiger partial charge in [-0.15, -0.1) is 0 Å². The van der Waals surface area contributed by atoms with Gasteiger partial charge in [-0.05, 0) is 19.4 Å². The first-order chi connectivity index (χ1) is 13.1. The van der Waals surface area contributed by atoms with Crippen LogP contribution in [0.5, 0.6) is 0 Å². The van der Waals surface area contributed by atoms with Crippen molar-refractivity contribution in [2.45, 2.75) is 19.8 Å². The van der Waals surface area contributed by atoms with Crippen LogP contribution in [0.15, 0.2) is 71.6 Å². The van der Waals surface area contributed by atoms with Crippen LogP contribution in [0.25, 0.3) is 5.76 Å². The number of benzene rings is 2. The van der Waals surface area contributed by atoms with Crippen molar-refractivity contribution in [1.29, 1.82) is 5.26 Å². The van der Waals surface area contributed by atoms with Crippen LogP contribution in [0.2, 0.25) is 0 Å². The molecule has 5 heteroatoms. The highest BCUT2D eigenvalue weighted by molar-refractivity contribution is 5.94. The summed E-state index contributed by atoms with van der Waals surface area (Å²) in [4.78, 5) is 12.6. The number of rotatable bonds is 4. The molecule has 2 aromatic rings. The lowest BCUT2D eigenvalue weighted by Gasteiger charge is -2.28. The first kappa shape index (κ1) is 18.3. The van der Waals surface area contributed by atoms with E-state index in [0.717, 1.165) is 16.7 Å². The Bertz CT molecular complexity index is 951. The zero-order valence-electron chi connectivity index (χ0n) is 15.2. The van der Waals surface area contributed by atoms with Crippen LogP contribution in [0.4, 0.5) is 0 Å². The van der Waals surface area contributed by atoms with E-state index in [9.17, 15) is 10.1 Å². The van der Waals surface area contributed by atoms with Gasteiger partial charge in [-0.25, -0.2) is 4.79 Å². The van der Waals surface area contributed by atoms with Crippen molar-refractivity contribution in [3.63, 3.8) is 0 Å². The number of carbonyl (C=O) groups excluding carboxylic acids is 1. The number of hydrogen-bond acceptors (Lipinski definition) is 5.